The van der Waals surface area contributed by atoms with Crippen molar-refractivity contribution in [3.63, 3.8) is 0 Å². The minimum atomic E-state index is -1.66. The van der Waals surface area contributed by atoms with Gasteiger partial charge in [0.25, 0.3) is 0 Å². The van der Waals surface area contributed by atoms with Crippen molar-refractivity contribution in [2.75, 3.05) is 13.2 Å². The monoisotopic (exact) mass is 651 g/mol. The summed E-state index contributed by atoms with van der Waals surface area (Å²) < 4.78 is 4.94. The van der Waals surface area contributed by atoms with Crippen molar-refractivity contribution >= 4 is 22.0 Å². The van der Waals surface area contributed by atoms with E-state index >= 15 is 0 Å². The Kier molecular flexibility index (Phi) is 17.0. The molecule has 1 saturated heterocycles. The molecule has 33 heavy (non-hydrogen) atoms. The quantitative estimate of drug-likeness (QED) is 0.236. The number of ether oxygens (including phenoxy) is 1. The molecule has 1 aromatic carbocycles. The fourth-order valence-electron chi connectivity index (χ4n) is 5.23. The molecule has 2 fully saturated rings. The zero-order valence-electron chi connectivity index (χ0n) is 23.8. The first-order valence-corrected chi connectivity index (χ1v) is 19.1. The van der Waals surface area contributed by atoms with Crippen molar-refractivity contribution in [2.24, 2.45) is 23.7 Å². The summed E-state index contributed by atoms with van der Waals surface area (Å²) in [6.07, 6.45) is 2.56. The first-order chi connectivity index (χ1) is 14.2. The molecule has 1 aliphatic carbocycles. The molecule has 1 aliphatic heterocycles. The normalized spacial score (nSPS) is 26.6. The molecule has 200 valence electrons. The summed E-state index contributed by atoms with van der Waals surface area (Å²) in [5.41, 5.74) is 4.72. The van der Waals surface area contributed by atoms with Crippen LogP contribution in [0.4, 0.5) is 5.69 Å². The summed E-state index contributed by atoms with van der Waals surface area (Å²) in [6.45, 7) is 31.7. The van der Waals surface area contributed by atoms with E-state index in [-0.39, 0.29) is 44.3 Å². The van der Waals surface area contributed by atoms with Crippen LogP contribution in [0, 0.1) is 88.4 Å². The third-order valence-corrected chi connectivity index (χ3v) is 10.6. The van der Waals surface area contributed by atoms with Gasteiger partial charge in [-0.05, 0) is 58.6 Å². The number of nitrogens with zero attached hydrogens (tertiary/aromatic N) is 1. The van der Waals surface area contributed by atoms with E-state index in [2.05, 4.69) is 99.0 Å². The molecule has 0 radical (unpaired) electrons. The summed E-state index contributed by atoms with van der Waals surface area (Å²) in [6, 6.07) is 6.54. The molecule has 0 aromatic heterocycles. The molecule has 2 aliphatic rings. The molecule has 1 saturated carbocycles. The number of aryl methyl sites for hydroxylation is 2. The third kappa shape index (κ3) is 12.0. The van der Waals surface area contributed by atoms with Crippen molar-refractivity contribution in [1.29, 1.82) is 0 Å². The average Bonchev–Trinajstić information content (AvgIpc) is 3.27. The number of benzene rings is 1. The van der Waals surface area contributed by atoms with Crippen molar-refractivity contribution in [3.05, 3.63) is 48.3 Å². The van der Waals surface area contributed by atoms with Gasteiger partial charge in [0, 0.05) is 13.2 Å². The Balaban J connectivity index is 0. The minimum absolute atomic E-state index is 0. The van der Waals surface area contributed by atoms with Gasteiger partial charge >= 0.3 is 36.9 Å². The maximum absolute atomic E-state index is 5.38. The van der Waals surface area contributed by atoms with Crippen molar-refractivity contribution in [2.45, 2.75) is 92.7 Å². The number of rotatable bonds is 3. The number of hydrogen-bond donors (Lipinski definition) is 0. The maximum Gasteiger partial charge on any atom is 3.00 e. The first kappa shape index (κ1) is 35.8. The second-order valence-electron chi connectivity index (χ2n) is 11.8. The smallest absolute Gasteiger partial charge is 0.686 e. The summed E-state index contributed by atoms with van der Waals surface area (Å²) >= 11 is 0. The molecule has 5 heteroatoms. The van der Waals surface area contributed by atoms with Gasteiger partial charge in [0.15, 0.2) is 0 Å². The molecule has 4 unspecified atom stereocenters. The average molecular weight is 652 g/mol. The van der Waals surface area contributed by atoms with Crippen LogP contribution in [-0.2, 0) is 4.74 Å². The molecule has 1 aromatic rings. The topological polar surface area (TPSA) is 23.3 Å². The van der Waals surface area contributed by atoms with Gasteiger partial charge in [0.2, 0.25) is 0 Å². The maximum atomic E-state index is 5.38. The predicted octanol–water partition coefficient (Wildman–Crippen LogP) is 9.39. The standard InChI is InChI=1S/C19H32NSi.C4H8O.C4H11Si.CH3.Lu/c1-12-10-9-11-13(2)18(12)20-21(7,8)19-16(5)14(3)15(4)17(19)6;1-2-4-5-3-1;1-5(2,3)4;;/h9-11,14-17,19H,1-8H3;1-4H2;1H2,2-4H3;1H3;/q-1;;2*-1;+3. The molecule has 3 rings (SSSR count). The second-order valence-corrected chi connectivity index (χ2v) is 21.2. The van der Waals surface area contributed by atoms with Crippen LogP contribution in [0.25, 0.3) is 4.98 Å². The molecule has 0 spiro atoms. The molecular formula is C28H54LuNOSi2. The molecule has 0 amide bonds. The van der Waals surface area contributed by atoms with Crippen LogP contribution >= 0.6 is 0 Å². The Morgan fingerprint density at radius 1 is 0.818 bits per heavy atom. The summed E-state index contributed by atoms with van der Waals surface area (Å²) in [5, 5.41) is 0. The SMILES string of the molecule is C1CCOC1.Cc1cccc(C)c1[N-][Si](C)(C)C1C(C)C(C)C(C)C1C.[CH2-][Si](C)(C)C.[CH3-].[Lu+3]. The van der Waals surface area contributed by atoms with Gasteiger partial charge in [0.1, 0.15) is 0 Å². The van der Waals surface area contributed by atoms with Gasteiger partial charge in [0.05, 0.1) is 0 Å². The zero-order valence-corrected chi connectivity index (χ0v) is 27.4. The Bertz CT molecular complexity index is 622. The Hall–Kier alpha value is 0.648. The van der Waals surface area contributed by atoms with E-state index in [4.69, 9.17) is 9.72 Å². The van der Waals surface area contributed by atoms with Crippen LogP contribution in [0.1, 0.15) is 51.7 Å². The molecule has 4 atom stereocenters. The van der Waals surface area contributed by atoms with Gasteiger partial charge in [-0.3, -0.25) is 0 Å². The fraction of sp³-hybridized carbons (Fsp3) is 0.714. The summed E-state index contributed by atoms with van der Waals surface area (Å²) in [4.78, 5) is 5.38. The van der Waals surface area contributed by atoms with E-state index < -0.39 is 16.3 Å². The van der Waals surface area contributed by atoms with E-state index in [0.29, 0.717) is 0 Å². The van der Waals surface area contributed by atoms with Crippen molar-refractivity contribution in [3.8, 4) is 0 Å². The fourth-order valence-corrected chi connectivity index (χ4v) is 9.49. The van der Waals surface area contributed by atoms with Gasteiger partial charge in [-0.25, -0.2) is 0 Å². The van der Waals surface area contributed by atoms with Crippen LogP contribution in [0.5, 0.6) is 0 Å². The summed E-state index contributed by atoms with van der Waals surface area (Å²) in [7, 11) is -2.52. The Morgan fingerprint density at radius 2 is 1.18 bits per heavy atom. The molecular weight excluding hydrogens is 597 g/mol. The largest absolute Gasteiger partial charge is 3.00 e. The van der Waals surface area contributed by atoms with E-state index in [0.717, 1.165) is 42.4 Å². The van der Waals surface area contributed by atoms with E-state index in [1.807, 2.05) is 0 Å². The Morgan fingerprint density at radius 3 is 1.48 bits per heavy atom. The number of hydrogen-bond acceptors (Lipinski definition) is 1. The molecule has 0 N–H and O–H groups in total. The molecule has 1 heterocycles. The summed E-state index contributed by atoms with van der Waals surface area (Å²) in [5.74, 6) is 3.24. The van der Waals surface area contributed by atoms with Gasteiger partial charge < -0.3 is 23.7 Å². The Labute approximate surface area is 239 Å². The van der Waals surface area contributed by atoms with Gasteiger partial charge in [-0.15, -0.1) is 13.8 Å². The van der Waals surface area contributed by atoms with E-state index in [1.165, 1.54) is 29.7 Å². The van der Waals surface area contributed by atoms with Crippen LogP contribution in [-0.4, -0.2) is 29.5 Å². The predicted molar refractivity (Wildman–Crippen MR) is 152 cm³/mol. The van der Waals surface area contributed by atoms with E-state index in [1.54, 1.807) is 0 Å². The van der Waals surface area contributed by atoms with Gasteiger partial charge in [-0.2, -0.15) is 0 Å². The second kappa shape index (κ2) is 15.7. The van der Waals surface area contributed by atoms with Gasteiger partial charge in [-0.1, -0.05) is 95.3 Å². The third-order valence-electron chi connectivity index (χ3n) is 7.10. The molecule has 0 bridgehead atoms. The van der Waals surface area contributed by atoms with Crippen molar-refractivity contribution in [1.82, 2.24) is 0 Å². The van der Waals surface area contributed by atoms with Crippen LogP contribution in [0.3, 0.4) is 0 Å². The molecule has 2 nitrogen and oxygen atoms in total. The van der Waals surface area contributed by atoms with Crippen LogP contribution in [0.2, 0.25) is 38.3 Å². The van der Waals surface area contributed by atoms with Crippen LogP contribution in [0.15, 0.2) is 18.2 Å². The van der Waals surface area contributed by atoms with Crippen molar-refractivity contribution < 1.29 is 41.6 Å². The zero-order chi connectivity index (χ0) is 24.0. The van der Waals surface area contributed by atoms with E-state index in [9.17, 15) is 0 Å². The first-order valence-electron chi connectivity index (χ1n) is 12.4. The minimum Gasteiger partial charge on any atom is -0.686 e. The van der Waals surface area contributed by atoms with Crippen LogP contribution < -0.4 is 0 Å².